The zero-order valence-electron chi connectivity index (χ0n) is 16.2. The van der Waals surface area contributed by atoms with Crippen LogP contribution in [0.25, 0.3) is 5.69 Å². The lowest BCUT2D eigenvalue weighted by Crippen LogP contribution is -2.25. The molecule has 31 heavy (non-hydrogen) atoms. The van der Waals surface area contributed by atoms with E-state index in [-0.39, 0.29) is 34.9 Å². The Balaban J connectivity index is 1.64. The average molecular weight is 423 g/mol. The van der Waals surface area contributed by atoms with Crippen LogP contribution < -0.4 is 16.8 Å². The second kappa shape index (κ2) is 8.91. The van der Waals surface area contributed by atoms with E-state index >= 15 is 0 Å². The van der Waals surface area contributed by atoms with Gasteiger partial charge in [0.2, 0.25) is 0 Å². The Morgan fingerprint density at radius 2 is 1.97 bits per heavy atom. The van der Waals surface area contributed by atoms with Gasteiger partial charge >= 0.3 is 0 Å². The molecule has 158 valence electrons. The summed E-state index contributed by atoms with van der Waals surface area (Å²) < 4.78 is 14.5. The third-order valence-corrected chi connectivity index (χ3v) is 4.54. The van der Waals surface area contributed by atoms with E-state index in [9.17, 15) is 24.6 Å². The summed E-state index contributed by atoms with van der Waals surface area (Å²) in [7, 11) is 0. The first kappa shape index (κ1) is 21.3. The first-order chi connectivity index (χ1) is 14.8. The summed E-state index contributed by atoms with van der Waals surface area (Å²) in [5, 5.41) is 27.4. The number of hydrogen-bond acceptors (Lipinski definition) is 7. The largest absolute Gasteiger partial charge is 0.393 e. The third kappa shape index (κ3) is 4.59. The number of anilines is 2. The molecule has 10 nitrogen and oxygen atoms in total. The molecule has 0 radical (unpaired) electrons. The molecule has 0 atom stereocenters. The van der Waals surface area contributed by atoms with Crippen molar-refractivity contribution in [3.63, 3.8) is 0 Å². The Morgan fingerprint density at radius 1 is 1.26 bits per heavy atom. The minimum Gasteiger partial charge on any atom is -0.393 e. The van der Waals surface area contributed by atoms with Crippen molar-refractivity contribution in [2.75, 3.05) is 18.0 Å². The van der Waals surface area contributed by atoms with Crippen molar-refractivity contribution in [1.82, 2.24) is 15.1 Å². The molecule has 0 aliphatic carbocycles. The maximum absolute atomic E-state index is 13.1. The van der Waals surface area contributed by atoms with Gasteiger partial charge in [0.15, 0.2) is 0 Å². The van der Waals surface area contributed by atoms with Gasteiger partial charge in [-0.25, -0.2) is 9.07 Å². The highest BCUT2D eigenvalue weighted by atomic mass is 19.1. The lowest BCUT2D eigenvalue weighted by Gasteiger charge is -2.05. The van der Waals surface area contributed by atoms with Gasteiger partial charge in [0.25, 0.3) is 11.6 Å². The lowest BCUT2D eigenvalue weighted by molar-refractivity contribution is -0.383. The summed E-state index contributed by atoms with van der Waals surface area (Å²) in [4.78, 5) is 22.5. The second-order valence-electron chi connectivity index (χ2n) is 6.60. The van der Waals surface area contributed by atoms with E-state index in [0.717, 1.165) is 6.07 Å². The number of aryl methyl sites for hydroxylation is 1. The van der Waals surface area contributed by atoms with E-state index in [0.29, 0.717) is 24.2 Å². The van der Waals surface area contributed by atoms with Crippen LogP contribution >= 0.6 is 0 Å². The molecule has 1 aromatic heterocycles. The number of nitro groups is 1. The highest BCUT2D eigenvalue weighted by Gasteiger charge is 2.18. The molecule has 11 heteroatoms. The molecule has 5 N–H and O–H groups in total. The predicted octanol–water partition coefficient (Wildman–Crippen LogP) is 2.32. The van der Waals surface area contributed by atoms with E-state index in [2.05, 4.69) is 10.4 Å². The zero-order valence-corrected chi connectivity index (χ0v) is 16.2. The van der Waals surface area contributed by atoms with Gasteiger partial charge in [-0.05, 0) is 49.2 Å². The normalized spacial score (nSPS) is 10.5. The fourth-order valence-electron chi connectivity index (χ4n) is 2.96. The van der Waals surface area contributed by atoms with Gasteiger partial charge in [-0.15, -0.1) is 0 Å². The number of benzene rings is 2. The van der Waals surface area contributed by atoms with Crippen molar-refractivity contribution < 1.29 is 14.1 Å². The summed E-state index contributed by atoms with van der Waals surface area (Å²) in [5.74, 6) is -0.750. The predicted molar refractivity (Wildman–Crippen MR) is 111 cm³/mol. The van der Waals surface area contributed by atoms with E-state index < -0.39 is 16.6 Å². The van der Waals surface area contributed by atoms with Crippen LogP contribution in [-0.4, -0.2) is 27.2 Å². The summed E-state index contributed by atoms with van der Waals surface area (Å²) in [5.41, 5.74) is 12.5. The molecule has 0 aliphatic heterocycles. The van der Waals surface area contributed by atoms with Crippen LogP contribution in [0.4, 0.5) is 21.6 Å². The van der Waals surface area contributed by atoms with Crippen molar-refractivity contribution in [2.24, 2.45) is 0 Å². The highest BCUT2D eigenvalue weighted by molar-refractivity contribution is 5.95. The molecule has 0 fully saturated rings. The Morgan fingerprint density at radius 3 is 2.61 bits per heavy atom. The molecular formula is C20H18FN7O3. The second-order valence-corrected chi connectivity index (χ2v) is 6.60. The Hall–Kier alpha value is -4.46. The lowest BCUT2D eigenvalue weighted by atomic mass is 10.1. The van der Waals surface area contributed by atoms with E-state index in [1.165, 1.54) is 41.1 Å². The number of hydrogen-bond donors (Lipinski definition) is 3. The van der Waals surface area contributed by atoms with Gasteiger partial charge in [0.1, 0.15) is 29.0 Å². The number of carbonyl (C=O) groups is 1. The quantitative estimate of drug-likeness (QED) is 0.227. The number of nitrogen functional groups attached to an aromatic ring is 2. The topological polar surface area (TPSA) is 166 Å². The standard InChI is InChI=1S/C20H18FN7O3/c21-13-4-6-14(7-5-13)27-19(24)15(11-22)17(26-27)2-1-9-25-20(29)12-3-8-16(23)18(10-12)28(30)31/h3-8,10H,1-2,9,23-24H2,(H,25,29). The fraction of sp³-hybridized carbons (Fsp3) is 0.150. The smallest absolute Gasteiger partial charge is 0.292 e. The number of nitrogens with two attached hydrogens (primary N) is 2. The molecule has 3 aromatic rings. The SMILES string of the molecule is N#Cc1c(CCCNC(=O)c2ccc(N)c([N+](=O)[O-])c2)nn(-c2ccc(F)cc2)c1N. The highest BCUT2D eigenvalue weighted by Crippen LogP contribution is 2.23. The van der Waals surface area contributed by atoms with Gasteiger partial charge < -0.3 is 16.8 Å². The Labute approximate surface area is 176 Å². The summed E-state index contributed by atoms with van der Waals surface area (Å²) >= 11 is 0. The molecule has 0 unspecified atom stereocenters. The van der Waals surface area contributed by atoms with Crippen LogP contribution in [0.3, 0.4) is 0 Å². The minimum absolute atomic E-state index is 0.0279. The molecular weight excluding hydrogens is 405 g/mol. The summed E-state index contributed by atoms with van der Waals surface area (Å²) in [6.07, 6.45) is 0.792. The third-order valence-electron chi connectivity index (χ3n) is 4.54. The van der Waals surface area contributed by atoms with Crippen LogP contribution in [0.15, 0.2) is 42.5 Å². The van der Waals surface area contributed by atoms with Gasteiger partial charge in [-0.2, -0.15) is 10.4 Å². The monoisotopic (exact) mass is 423 g/mol. The summed E-state index contributed by atoms with van der Waals surface area (Å²) in [6.45, 7) is 0.241. The van der Waals surface area contributed by atoms with Crippen molar-refractivity contribution in [2.45, 2.75) is 12.8 Å². The fourth-order valence-corrected chi connectivity index (χ4v) is 2.96. The molecule has 0 saturated heterocycles. The van der Waals surface area contributed by atoms with Gasteiger partial charge in [-0.1, -0.05) is 0 Å². The maximum Gasteiger partial charge on any atom is 0.292 e. The van der Waals surface area contributed by atoms with Crippen LogP contribution in [0, 0.1) is 27.3 Å². The van der Waals surface area contributed by atoms with E-state index in [4.69, 9.17) is 11.5 Å². The van der Waals surface area contributed by atoms with E-state index in [1.54, 1.807) is 0 Å². The molecule has 0 saturated carbocycles. The van der Waals surface area contributed by atoms with Crippen molar-refractivity contribution in [3.8, 4) is 11.8 Å². The van der Waals surface area contributed by atoms with E-state index in [1.807, 2.05) is 6.07 Å². The first-order valence-electron chi connectivity index (χ1n) is 9.17. The number of carbonyl (C=O) groups excluding carboxylic acids is 1. The Kier molecular flexibility index (Phi) is 6.11. The Bertz CT molecular complexity index is 1180. The van der Waals surface area contributed by atoms with Crippen LogP contribution in [0.2, 0.25) is 0 Å². The number of nitrogens with zero attached hydrogens (tertiary/aromatic N) is 4. The molecule has 1 heterocycles. The number of nitrogens with one attached hydrogen (secondary N) is 1. The van der Waals surface area contributed by atoms with Gasteiger partial charge in [-0.3, -0.25) is 14.9 Å². The molecule has 0 aliphatic rings. The molecule has 0 bridgehead atoms. The summed E-state index contributed by atoms with van der Waals surface area (Å²) in [6, 6.07) is 11.4. The zero-order chi connectivity index (χ0) is 22.5. The number of aromatic nitrogens is 2. The minimum atomic E-state index is -0.655. The van der Waals surface area contributed by atoms with Crippen molar-refractivity contribution in [1.29, 1.82) is 5.26 Å². The van der Waals surface area contributed by atoms with Crippen LogP contribution in [0.1, 0.15) is 28.0 Å². The average Bonchev–Trinajstić information content (AvgIpc) is 3.07. The first-order valence-corrected chi connectivity index (χ1v) is 9.17. The number of nitro benzene ring substituents is 1. The maximum atomic E-state index is 13.1. The van der Waals surface area contributed by atoms with Gasteiger partial charge in [0.05, 0.1) is 16.3 Å². The molecule has 2 aromatic carbocycles. The number of nitriles is 1. The van der Waals surface area contributed by atoms with Gasteiger partial charge in [0, 0.05) is 18.2 Å². The van der Waals surface area contributed by atoms with Crippen LogP contribution in [-0.2, 0) is 6.42 Å². The van der Waals surface area contributed by atoms with Crippen molar-refractivity contribution >= 4 is 23.1 Å². The number of rotatable bonds is 7. The van der Waals surface area contributed by atoms with Crippen LogP contribution in [0.5, 0.6) is 0 Å². The number of amides is 1. The molecule has 3 rings (SSSR count). The molecule has 0 spiro atoms. The molecule has 1 amide bonds. The van der Waals surface area contributed by atoms with Crippen molar-refractivity contribution in [3.05, 3.63) is 75.2 Å². The number of halogens is 1.